The molecule has 0 bridgehead atoms. The summed E-state index contributed by atoms with van der Waals surface area (Å²) in [5.41, 5.74) is 0.843. The fourth-order valence-corrected chi connectivity index (χ4v) is 4.46. The quantitative estimate of drug-likeness (QED) is 0.405. The van der Waals surface area contributed by atoms with Crippen LogP contribution in [-0.2, 0) is 0 Å². The summed E-state index contributed by atoms with van der Waals surface area (Å²) >= 11 is 4.71. The maximum absolute atomic E-state index is 6.30. The average molecular weight is 222 g/mol. The van der Waals surface area contributed by atoms with Gasteiger partial charge in [-0.05, 0) is 30.1 Å². The van der Waals surface area contributed by atoms with E-state index >= 15 is 0 Å². The predicted octanol–water partition coefficient (Wildman–Crippen LogP) is 4.01. The van der Waals surface area contributed by atoms with Crippen LogP contribution < -0.4 is 0 Å². The van der Waals surface area contributed by atoms with Crippen molar-refractivity contribution < 1.29 is 0 Å². The van der Waals surface area contributed by atoms with Gasteiger partial charge in [-0.15, -0.1) is 0 Å². The van der Waals surface area contributed by atoms with Gasteiger partial charge in [-0.1, -0.05) is 45.3 Å². The van der Waals surface area contributed by atoms with E-state index in [-0.39, 0.29) is 0 Å². The van der Waals surface area contributed by atoms with Crippen LogP contribution in [0.3, 0.4) is 0 Å². The fraction of sp³-hybridized carbons (Fsp3) is 1.00. The smallest absolute Gasteiger partial charge is 0.0715 e. The molecule has 4 atom stereocenters. The SMILES string of the molecule is [B][C@@H]1C2(CCCCCC)CC[C@H](S)[C@@]12C. The minimum absolute atomic E-state index is 0.363. The summed E-state index contributed by atoms with van der Waals surface area (Å²) in [4.78, 5) is 0. The molecule has 0 saturated heterocycles. The molecule has 2 aliphatic carbocycles. The van der Waals surface area contributed by atoms with Gasteiger partial charge in [0, 0.05) is 5.25 Å². The zero-order chi connectivity index (χ0) is 11.1. The molecule has 0 N–H and O–H groups in total. The highest BCUT2D eigenvalue weighted by atomic mass is 32.1. The Labute approximate surface area is 101 Å². The highest BCUT2D eigenvalue weighted by Gasteiger charge is 2.74. The third kappa shape index (κ3) is 1.51. The second kappa shape index (κ2) is 4.02. The molecule has 0 spiro atoms. The Kier molecular flexibility index (Phi) is 3.18. The van der Waals surface area contributed by atoms with Gasteiger partial charge >= 0.3 is 0 Å². The minimum Gasteiger partial charge on any atom is -0.175 e. The molecular formula is C13H23BS. The first-order valence-electron chi connectivity index (χ1n) is 6.53. The lowest BCUT2D eigenvalue weighted by Gasteiger charge is -2.16. The second-order valence-corrected chi connectivity index (χ2v) is 6.40. The van der Waals surface area contributed by atoms with Crippen molar-refractivity contribution >= 4 is 20.5 Å². The van der Waals surface area contributed by atoms with E-state index in [1.165, 1.54) is 44.9 Å². The van der Waals surface area contributed by atoms with E-state index in [2.05, 4.69) is 13.8 Å². The van der Waals surface area contributed by atoms with Crippen molar-refractivity contribution in [1.82, 2.24) is 0 Å². The molecule has 0 nitrogen and oxygen atoms in total. The van der Waals surface area contributed by atoms with E-state index in [9.17, 15) is 0 Å². The lowest BCUT2D eigenvalue weighted by molar-refractivity contribution is 0.372. The van der Waals surface area contributed by atoms with Crippen LogP contribution in [0.5, 0.6) is 0 Å². The Morgan fingerprint density at radius 2 is 2.07 bits per heavy atom. The van der Waals surface area contributed by atoms with E-state index in [1.807, 2.05) is 0 Å². The van der Waals surface area contributed by atoms with Crippen molar-refractivity contribution in [3.63, 3.8) is 0 Å². The van der Waals surface area contributed by atoms with Crippen molar-refractivity contribution in [3.8, 4) is 0 Å². The van der Waals surface area contributed by atoms with E-state index in [0.717, 1.165) is 0 Å². The number of hydrogen-bond donors (Lipinski definition) is 1. The molecule has 2 heteroatoms. The zero-order valence-corrected chi connectivity index (χ0v) is 11.0. The molecule has 2 saturated carbocycles. The van der Waals surface area contributed by atoms with Gasteiger partial charge in [-0.2, -0.15) is 12.6 Å². The van der Waals surface area contributed by atoms with Gasteiger partial charge in [-0.3, -0.25) is 0 Å². The summed E-state index contributed by atoms with van der Waals surface area (Å²) in [5, 5.41) is 0.554. The molecule has 2 fully saturated rings. The first-order valence-corrected chi connectivity index (χ1v) is 7.05. The number of fused-ring (bicyclic) bond motifs is 1. The second-order valence-electron chi connectivity index (χ2n) is 5.78. The molecule has 2 aliphatic rings. The average Bonchev–Trinajstić information content (AvgIpc) is 2.55. The maximum Gasteiger partial charge on any atom is 0.0715 e. The first-order chi connectivity index (χ1) is 7.09. The van der Waals surface area contributed by atoms with Gasteiger partial charge in [0.05, 0.1) is 7.85 Å². The summed E-state index contributed by atoms with van der Waals surface area (Å²) in [6, 6.07) is 0. The summed E-state index contributed by atoms with van der Waals surface area (Å²) in [7, 11) is 6.30. The molecule has 84 valence electrons. The third-order valence-electron chi connectivity index (χ3n) is 5.26. The van der Waals surface area contributed by atoms with Crippen LogP contribution in [0.25, 0.3) is 0 Å². The molecule has 1 unspecified atom stereocenters. The van der Waals surface area contributed by atoms with E-state index < -0.39 is 0 Å². The minimum atomic E-state index is 0.363. The summed E-state index contributed by atoms with van der Waals surface area (Å²) in [5.74, 6) is 0.433. The third-order valence-corrected chi connectivity index (χ3v) is 6.06. The Balaban J connectivity index is 1.87. The van der Waals surface area contributed by atoms with Crippen LogP contribution in [0.4, 0.5) is 0 Å². The molecule has 0 heterocycles. The first kappa shape index (κ1) is 11.9. The highest BCUT2D eigenvalue weighted by molar-refractivity contribution is 7.81. The summed E-state index contributed by atoms with van der Waals surface area (Å²) in [6.45, 7) is 4.63. The highest BCUT2D eigenvalue weighted by Crippen LogP contribution is 2.82. The molecule has 0 aliphatic heterocycles. The molecular weight excluding hydrogens is 199 g/mol. The van der Waals surface area contributed by atoms with Crippen LogP contribution >= 0.6 is 12.6 Å². The van der Waals surface area contributed by atoms with Crippen LogP contribution in [0.1, 0.15) is 58.8 Å². The number of thiol groups is 1. The van der Waals surface area contributed by atoms with Crippen LogP contribution in [0.15, 0.2) is 0 Å². The van der Waals surface area contributed by atoms with E-state index in [1.54, 1.807) is 0 Å². The van der Waals surface area contributed by atoms with Gasteiger partial charge in [0.25, 0.3) is 0 Å². The van der Waals surface area contributed by atoms with Gasteiger partial charge in [-0.25, -0.2) is 0 Å². The Bertz CT molecular complexity index is 243. The largest absolute Gasteiger partial charge is 0.175 e. The standard InChI is InChI=1S/C13H23BS/c1-3-4-5-6-8-13-9-7-10(15)12(13,2)11(13)14/h10-11,15H,3-9H2,1-2H3/t10-,11-,12-,13?/m0/s1. The molecule has 0 aromatic rings. The molecule has 0 aromatic carbocycles. The maximum atomic E-state index is 6.30. The number of rotatable bonds is 5. The van der Waals surface area contributed by atoms with Gasteiger partial charge in [0.1, 0.15) is 0 Å². The van der Waals surface area contributed by atoms with Gasteiger partial charge < -0.3 is 0 Å². The summed E-state index contributed by atoms with van der Waals surface area (Å²) in [6.07, 6.45) is 9.42. The van der Waals surface area contributed by atoms with E-state index in [0.29, 0.717) is 21.9 Å². The molecule has 0 amide bonds. The van der Waals surface area contributed by atoms with Crippen LogP contribution in [0, 0.1) is 10.8 Å². The zero-order valence-electron chi connectivity index (χ0n) is 10.1. The Morgan fingerprint density at radius 1 is 1.33 bits per heavy atom. The van der Waals surface area contributed by atoms with Crippen LogP contribution in [0.2, 0.25) is 5.82 Å². The van der Waals surface area contributed by atoms with Gasteiger partial charge in [0.15, 0.2) is 0 Å². The Hall–Kier alpha value is 0.415. The van der Waals surface area contributed by atoms with Crippen molar-refractivity contribution in [2.45, 2.75) is 69.9 Å². The molecule has 15 heavy (non-hydrogen) atoms. The normalized spacial score (nSPS) is 47.9. The predicted molar refractivity (Wildman–Crippen MR) is 70.8 cm³/mol. The van der Waals surface area contributed by atoms with Crippen molar-refractivity contribution in [1.29, 1.82) is 0 Å². The number of hydrogen-bond acceptors (Lipinski definition) is 1. The fourth-order valence-electron chi connectivity index (χ4n) is 3.91. The molecule has 2 radical (unpaired) electrons. The number of unbranched alkanes of at least 4 members (excludes halogenated alkanes) is 3. The molecule has 0 aromatic heterocycles. The lowest BCUT2D eigenvalue weighted by atomic mass is 9.84. The molecule has 2 rings (SSSR count). The van der Waals surface area contributed by atoms with Crippen molar-refractivity contribution in [3.05, 3.63) is 0 Å². The van der Waals surface area contributed by atoms with Gasteiger partial charge in [0.2, 0.25) is 0 Å². The summed E-state index contributed by atoms with van der Waals surface area (Å²) < 4.78 is 0. The van der Waals surface area contributed by atoms with Crippen molar-refractivity contribution in [2.24, 2.45) is 10.8 Å². The monoisotopic (exact) mass is 222 g/mol. The van der Waals surface area contributed by atoms with Crippen molar-refractivity contribution in [2.75, 3.05) is 0 Å². The topological polar surface area (TPSA) is 0 Å². The Morgan fingerprint density at radius 3 is 2.60 bits per heavy atom. The van der Waals surface area contributed by atoms with E-state index in [4.69, 9.17) is 20.5 Å². The van der Waals surface area contributed by atoms with Crippen LogP contribution in [-0.4, -0.2) is 13.1 Å². The lowest BCUT2D eigenvalue weighted by Crippen LogP contribution is -2.12.